The lowest BCUT2D eigenvalue weighted by Crippen LogP contribution is -2.50. The summed E-state index contributed by atoms with van der Waals surface area (Å²) in [5.74, 6) is -0.542. The molecule has 1 aromatic carbocycles. The van der Waals surface area contributed by atoms with Gasteiger partial charge in [0.1, 0.15) is 0 Å². The number of halogens is 4. The summed E-state index contributed by atoms with van der Waals surface area (Å²) < 4.78 is 46.4. The third-order valence-corrected chi connectivity index (χ3v) is 6.58. The van der Waals surface area contributed by atoms with E-state index in [1.54, 1.807) is 30.3 Å². The monoisotopic (exact) mass is 591 g/mol. The maximum atomic E-state index is 13.6. The molecule has 2 amide bonds. The number of aromatic nitrogens is 3. The molecule has 41 heavy (non-hydrogen) atoms. The average molecular weight is 592 g/mol. The standard InChI is InChI=1S/C27H29ClF3N7O3/c1-3-41-25-19(5-4-8-34-25)21-16-35-23(22(36-21)24(39)33-10-9-32-2)37-11-13-38(14-12-37)26(40)18-7-6-17(28)15-20(18)27(29,30)31/h4-8,15-16,32H,3,9-14H2,1-2H3,(H,33,39). The summed E-state index contributed by atoms with van der Waals surface area (Å²) in [6, 6.07) is 6.59. The van der Waals surface area contributed by atoms with Crippen LogP contribution in [0.3, 0.4) is 0 Å². The van der Waals surface area contributed by atoms with E-state index < -0.39 is 29.1 Å². The van der Waals surface area contributed by atoms with Crippen molar-refractivity contribution < 1.29 is 27.5 Å². The highest BCUT2D eigenvalue weighted by Gasteiger charge is 2.37. The lowest BCUT2D eigenvalue weighted by atomic mass is 10.1. The SMILES string of the molecule is CCOc1ncccc1-c1cnc(N2CCN(C(=O)c3ccc(Cl)cc3C(F)(F)F)CC2)c(C(=O)NCCNC)n1. The quantitative estimate of drug-likeness (QED) is 0.364. The molecular formula is C27H29ClF3N7O3. The van der Waals surface area contributed by atoms with Crippen molar-refractivity contribution in [3.8, 4) is 17.1 Å². The fourth-order valence-electron chi connectivity index (χ4n) is 4.35. The highest BCUT2D eigenvalue weighted by atomic mass is 35.5. The highest BCUT2D eigenvalue weighted by Crippen LogP contribution is 2.35. The summed E-state index contributed by atoms with van der Waals surface area (Å²) in [6.45, 7) is 3.77. The minimum absolute atomic E-state index is 0.0711. The highest BCUT2D eigenvalue weighted by molar-refractivity contribution is 6.30. The van der Waals surface area contributed by atoms with E-state index in [4.69, 9.17) is 16.3 Å². The number of carbonyl (C=O) groups excluding carboxylic acids is 2. The lowest BCUT2D eigenvalue weighted by molar-refractivity contribution is -0.138. The van der Waals surface area contributed by atoms with Gasteiger partial charge in [-0.25, -0.2) is 15.0 Å². The van der Waals surface area contributed by atoms with Gasteiger partial charge in [-0.2, -0.15) is 13.2 Å². The number of carbonyl (C=O) groups is 2. The smallest absolute Gasteiger partial charge is 0.417 e. The van der Waals surface area contributed by atoms with Gasteiger partial charge in [0.05, 0.1) is 35.2 Å². The minimum atomic E-state index is -4.74. The topological polar surface area (TPSA) is 113 Å². The number of benzene rings is 1. The number of ether oxygens (including phenoxy) is 1. The zero-order valence-electron chi connectivity index (χ0n) is 22.5. The first-order valence-corrected chi connectivity index (χ1v) is 13.3. The van der Waals surface area contributed by atoms with E-state index >= 15 is 0 Å². The maximum absolute atomic E-state index is 13.6. The van der Waals surface area contributed by atoms with Gasteiger partial charge >= 0.3 is 6.18 Å². The van der Waals surface area contributed by atoms with Crippen LogP contribution in [0.15, 0.2) is 42.7 Å². The molecule has 1 aliphatic rings. The predicted molar refractivity (Wildman–Crippen MR) is 147 cm³/mol. The third kappa shape index (κ3) is 7.03. The number of amides is 2. The van der Waals surface area contributed by atoms with Gasteiger partial charge < -0.3 is 25.2 Å². The molecule has 0 atom stereocenters. The van der Waals surface area contributed by atoms with Gasteiger partial charge in [-0.15, -0.1) is 0 Å². The molecule has 4 rings (SSSR count). The second-order valence-corrected chi connectivity index (χ2v) is 9.48. The van der Waals surface area contributed by atoms with Crippen molar-refractivity contribution in [2.75, 3.05) is 57.8 Å². The van der Waals surface area contributed by atoms with E-state index in [9.17, 15) is 22.8 Å². The minimum Gasteiger partial charge on any atom is -0.477 e. The Hall–Kier alpha value is -3.97. The van der Waals surface area contributed by atoms with E-state index in [2.05, 4.69) is 25.6 Å². The van der Waals surface area contributed by atoms with Crippen molar-refractivity contribution in [2.45, 2.75) is 13.1 Å². The van der Waals surface area contributed by atoms with E-state index in [0.29, 0.717) is 42.7 Å². The summed E-state index contributed by atoms with van der Waals surface area (Å²) in [5.41, 5.74) is -0.523. The normalized spacial score (nSPS) is 13.7. The van der Waals surface area contributed by atoms with E-state index in [1.807, 2.05) is 6.92 Å². The number of likely N-dealkylation sites (N-methyl/N-ethyl adjacent to an activating group) is 1. The number of nitrogens with zero attached hydrogens (tertiary/aromatic N) is 5. The van der Waals surface area contributed by atoms with Crippen LogP contribution >= 0.6 is 11.6 Å². The fourth-order valence-corrected chi connectivity index (χ4v) is 4.52. The molecule has 0 radical (unpaired) electrons. The molecule has 3 aromatic rings. The molecule has 1 fully saturated rings. The van der Waals surface area contributed by atoms with E-state index in [0.717, 1.165) is 12.1 Å². The van der Waals surface area contributed by atoms with Gasteiger partial charge in [-0.1, -0.05) is 11.6 Å². The molecule has 0 saturated carbocycles. The van der Waals surface area contributed by atoms with Crippen molar-refractivity contribution in [1.29, 1.82) is 0 Å². The number of pyridine rings is 1. The van der Waals surface area contributed by atoms with Crippen LogP contribution in [0.4, 0.5) is 19.0 Å². The number of piperazine rings is 1. The largest absolute Gasteiger partial charge is 0.477 e. The summed E-state index contributed by atoms with van der Waals surface area (Å²) >= 11 is 5.76. The van der Waals surface area contributed by atoms with Crippen LogP contribution in [0.25, 0.3) is 11.3 Å². The van der Waals surface area contributed by atoms with Crippen LogP contribution in [-0.2, 0) is 6.18 Å². The molecule has 0 bridgehead atoms. The van der Waals surface area contributed by atoms with Crippen molar-refractivity contribution in [3.63, 3.8) is 0 Å². The van der Waals surface area contributed by atoms with Crippen molar-refractivity contribution in [3.05, 3.63) is 64.6 Å². The Bertz CT molecular complexity index is 1400. The van der Waals surface area contributed by atoms with Crippen LogP contribution in [0.1, 0.15) is 33.3 Å². The van der Waals surface area contributed by atoms with E-state index in [-0.39, 0.29) is 36.9 Å². The fraction of sp³-hybridized carbons (Fsp3) is 0.370. The van der Waals surface area contributed by atoms with Crippen molar-refractivity contribution in [1.82, 2.24) is 30.5 Å². The van der Waals surface area contributed by atoms with Crippen LogP contribution in [0, 0.1) is 0 Å². The molecule has 1 aliphatic heterocycles. The Morgan fingerprint density at radius 1 is 1.10 bits per heavy atom. The van der Waals surface area contributed by atoms with Crippen LogP contribution in [0.5, 0.6) is 5.88 Å². The van der Waals surface area contributed by atoms with Gasteiger partial charge in [0.2, 0.25) is 5.88 Å². The van der Waals surface area contributed by atoms with Crippen molar-refractivity contribution >= 4 is 29.2 Å². The lowest BCUT2D eigenvalue weighted by Gasteiger charge is -2.36. The Morgan fingerprint density at radius 2 is 1.85 bits per heavy atom. The van der Waals surface area contributed by atoms with Crippen LogP contribution < -0.4 is 20.3 Å². The molecule has 0 aliphatic carbocycles. The molecule has 14 heteroatoms. The molecular weight excluding hydrogens is 563 g/mol. The van der Waals surface area contributed by atoms with Gasteiger partial charge in [0.15, 0.2) is 11.5 Å². The maximum Gasteiger partial charge on any atom is 0.417 e. The summed E-state index contributed by atoms with van der Waals surface area (Å²) in [5, 5.41) is 5.66. The Balaban J connectivity index is 1.59. The molecule has 3 heterocycles. The summed E-state index contributed by atoms with van der Waals surface area (Å²) in [6.07, 6.45) is -1.63. The first kappa shape index (κ1) is 30.0. The van der Waals surface area contributed by atoms with Gasteiger partial charge in [-0.3, -0.25) is 9.59 Å². The second kappa shape index (κ2) is 13.1. The number of anilines is 1. The van der Waals surface area contributed by atoms with E-state index in [1.165, 1.54) is 17.2 Å². The van der Waals surface area contributed by atoms with Crippen LogP contribution in [-0.4, -0.2) is 84.6 Å². The molecule has 0 spiro atoms. The molecule has 1 saturated heterocycles. The summed E-state index contributed by atoms with van der Waals surface area (Å²) in [7, 11) is 1.76. The van der Waals surface area contributed by atoms with Gasteiger partial charge in [-0.05, 0) is 44.3 Å². The third-order valence-electron chi connectivity index (χ3n) is 6.34. The molecule has 10 nitrogen and oxygen atoms in total. The predicted octanol–water partition coefficient (Wildman–Crippen LogP) is 3.52. The first-order chi connectivity index (χ1) is 19.6. The molecule has 218 valence electrons. The van der Waals surface area contributed by atoms with Crippen LogP contribution in [0.2, 0.25) is 5.02 Å². The number of hydrogen-bond acceptors (Lipinski definition) is 8. The molecule has 2 aromatic heterocycles. The first-order valence-electron chi connectivity index (χ1n) is 12.9. The van der Waals surface area contributed by atoms with Gasteiger partial charge in [0.25, 0.3) is 11.8 Å². The zero-order valence-corrected chi connectivity index (χ0v) is 23.2. The number of alkyl halides is 3. The molecule has 0 unspecified atom stereocenters. The Morgan fingerprint density at radius 3 is 2.54 bits per heavy atom. The summed E-state index contributed by atoms with van der Waals surface area (Å²) in [4.78, 5) is 42.8. The number of rotatable bonds is 9. The average Bonchev–Trinajstić information content (AvgIpc) is 2.97. The van der Waals surface area contributed by atoms with Crippen molar-refractivity contribution in [2.24, 2.45) is 0 Å². The molecule has 2 N–H and O–H groups in total. The Labute approximate surface area is 239 Å². The number of hydrogen-bond donors (Lipinski definition) is 2. The Kier molecular flexibility index (Phi) is 9.61. The van der Waals surface area contributed by atoms with Gasteiger partial charge in [0, 0.05) is 50.5 Å². The number of nitrogens with one attached hydrogen (secondary N) is 2. The zero-order chi connectivity index (χ0) is 29.6. The second-order valence-electron chi connectivity index (χ2n) is 9.04.